The standard InChI is InChI=1S/C15H13Cl2NO4S/c16-11-3-5-13(6-4-11)22-14-7-12(17)2-1-10(14)8-23(20,21)9-15(18)19/h1-7H,8-9H2,(H2,18,19). The molecule has 0 aromatic heterocycles. The number of halogens is 2. The molecular weight excluding hydrogens is 361 g/mol. The zero-order valence-corrected chi connectivity index (χ0v) is 14.2. The van der Waals surface area contributed by atoms with Gasteiger partial charge in [0.15, 0.2) is 9.84 Å². The van der Waals surface area contributed by atoms with Gasteiger partial charge in [-0.2, -0.15) is 0 Å². The van der Waals surface area contributed by atoms with Gasteiger partial charge in [0.1, 0.15) is 17.3 Å². The number of amides is 1. The van der Waals surface area contributed by atoms with Crippen molar-refractivity contribution in [2.45, 2.75) is 5.75 Å². The summed E-state index contributed by atoms with van der Waals surface area (Å²) >= 11 is 11.7. The number of rotatable bonds is 6. The van der Waals surface area contributed by atoms with E-state index in [1.165, 1.54) is 12.1 Å². The molecular formula is C15H13Cl2NO4S. The largest absolute Gasteiger partial charge is 0.457 e. The number of sulfone groups is 1. The molecule has 2 aromatic carbocycles. The predicted molar refractivity (Wildman–Crippen MR) is 89.7 cm³/mol. The lowest BCUT2D eigenvalue weighted by molar-refractivity contribution is -0.115. The lowest BCUT2D eigenvalue weighted by Gasteiger charge is -2.12. The van der Waals surface area contributed by atoms with E-state index in [9.17, 15) is 13.2 Å². The second-order valence-corrected chi connectivity index (χ2v) is 7.74. The smallest absolute Gasteiger partial charge is 0.232 e. The van der Waals surface area contributed by atoms with E-state index in [0.29, 0.717) is 21.4 Å². The zero-order chi connectivity index (χ0) is 17.0. The average Bonchev–Trinajstić information content (AvgIpc) is 2.43. The first-order valence-electron chi connectivity index (χ1n) is 6.46. The van der Waals surface area contributed by atoms with Gasteiger partial charge in [0.25, 0.3) is 0 Å². The van der Waals surface area contributed by atoms with Gasteiger partial charge in [0, 0.05) is 15.6 Å². The molecule has 23 heavy (non-hydrogen) atoms. The molecule has 0 bridgehead atoms. The first-order chi connectivity index (χ1) is 10.7. The SMILES string of the molecule is NC(=O)CS(=O)(=O)Cc1ccc(Cl)cc1Oc1ccc(Cl)cc1. The van der Waals surface area contributed by atoms with Gasteiger partial charge in [-0.1, -0.05) is 29.3 Å². The third-order valence-corrected chi connectivity index (χ3v) is 4.77. The van der Waals surface area contributed by atoms with Crippen molar-refractivity contribution in [1.29, 1.82) is 0 Å². The lowest BCUT2D eigenvalue weighted by atomic mass is 10.2. The van der Waals surface area contributed by atoms with Crippen LogP contribution in [0.5, 0.6) is 11.5 Å². The molecule has 0 radical (unpaired) electrons. The summed E-state index contributed by atoms with van der Waals surface area (Å²) in [6.07, 6.45) is 0. The van der Waals surface area contributed by atoms with E-state index in [-0.39, 0.29) is 11.5 Å². The second kappa shape index (κ2) is 7.21. The van der Waals surface area contributed by atoms with Crippen LogP contribution < -0.4 is 10.5 Å². The van der Waals surface area contributed by atoms with Crippen LogP contribution in [-0.4, -0.2) is 20.1 Å². The molecule has 0 aliphatic heterocycles. The minimum absolute atomic E-state index is 0.285. The first kappa shape index (κ1) is 17.6. The molecule has 2 aromatic rings. The maximum absolute atomic E-state index is 11.9. The van der Waals surface area contributed by atoms with Crippen LogP contribution in [0.25, 0.3) is 0 Å². The Hall–Kier alpha value is -1.76. The first-order valence-corrected chi connectivity index (χ1v) is 9.03. The van der Waals surface area contributed by atoms with Gasteiger partial charge < -0.3 is 10.5 Å². The molecule has 0 heterocycles. The van der Waals surface area contributed by atoms with Crippen molar-refractivity contribution in [3.05, 3.63) is 58.1 Å². The Bertz CT molecular complexity index is 820. The summed E-state index contributed by atoms with van der Waals surface area (Å²) < 4.78 is 29.5. The minimum atomic E-state index is -3.69. The highest BCUT2D eigenvalue weighted by Gasteiger charge is 2.18. The van der Waals surface area contributed by atoms with Gasteiger partial charge in [-0.05, 0) is 36.4 Å². The number of carbonyl (C=O) groups is 1. The van der Waals surface area contributed by atoms with Crippen LogP contribution in [0, 0.1) is 0 Å². The highest BCUT2D eigenvalue weighted by atomic mass is 35.5. The van der Waals surface area contributed by atoms with Crippen LogP contribution >= 0.6 is 23.2 Å². The van der Waals surface area contributed by atoms with E-state index < -0.39 is 21.5 Å². The molecule has 0 aliphatic rings. The monoisotopic (exact) mass is 373 g/mol. The van der Waals surface area contributed by atoms with E-state index in [4.69, 9.17) is 33.7 Å². The van der Waals surface area contributed by atoms with Crippen molar-refractivity contribution in [2.24, 2.45) is 5.73 Å². The molecule has 0 saturated carbocycles. The molecule has 0 unspecified atom stereocenters. The number of hydrogen-bond acceptors (Lipinski definition) is 4. The van der Waals surface area contributed by atoms with Crippen LogP contribution in [0.15, 0.2) is 42.5 Å². The summed E-state index contributed by atoms with van der Waals surface area (Å²) in [6, 6.07) is 11.2. The van der Waals surface area contributed by atoms with Crippen molar-refractivity contribution in [3.8, 4) is 11.5 Å². The van der Waals surface area contributed by atoms with Crippen molar-refractivity contribution < 1.29 is 17.9 Å². The normalized spacial score (nSPS) is 11.2. The Morgan fingerprint density at radius 1 is 1.04 bits per heavy atom. The summed E-state index contributed by atoms with van der Waals surface area (Å²) in [5.41, 5.74) is 5.33. The maximum Gasteiger partial charge on any atom is 0.232 e. The van der Waals surface area contributed by atoms with Gasteiger partial charge in [0.05, 0.1) is 5.75 Å². The number of carbonyl (C=O) groups excluding carboxylic acids is 1. The fraction of sp³-hybridized carbons (Fsp3) is 0.133. The average molecular weight is 374 g/mol. The summed E-state index contributed by atoms with van der Waals surface area (Å²) in [4.78, 5) is 10.8. The number of nitrogens with two attached hydrogens (primary N) is 1. The Labute approximate surface area is 143 Å². The Morgan fingerprint density at radius 2 is 1.65 bits per heavy atom. The van der Waals surface area contributed by atoms with E-state index in [2.05, 4.69) is 0 Å². The van der Waals surface area contributed by atoms with Gasteiger partial charge in [-0.25, -0.2) is 8.42 Å². The molecule has 1 amide bonds. The van der Waals surface area contributed by atoms with Crippen LogP contribution in [0.2, 0.25) is 10.0 Å². The van der Waals surface area contributed by atoms with Gasteiger partial charge in [0.2, 0.25) is 5.91 Å². The van der Waals surface area contributed by atoms with Crippen LogP contribution in [0.1, 0.15) is 5.56 Å². The molecule has 2 N–H and O–H groups in total. The summed E-state index contributed by atoms with van der Waals surface area (Å²) in [5.74, 6) is -1.25. The third-order valence-electron chi connectivity index (χ3n) is 2.81. The predicted octanol–water partition coefficient (Wildman–Crippen LogP) is 3.19. The van der Waals surface area contributed by atoms with Crippen molar-refractivity contribution in [3.63, 3.8) is 0 Å². The third kappa shape index (κ3) is 5.42. The Morgan fingerprint density at radius 3 is 2.26 bits per heavy atom. The van der Waals surface area contributed by atoms with E-state index in [1.807, 2.05) is 0 Å². The number of hydrogen-bond donors (Lipinski definition) is 1. The van der Waals surface area contributed by atoms with Crippen molar-refractivity contribution >= 4 is 38.9 Å². The highest BCUT2D eigenvalue weighted by molar-refractivity contribution is 7.91. The molecule has 2 rings (SSSR count). The Balaban J connectivity index is 2.30. The summed E-state index contributed by atoms with van der Waals surface area (Å²) in [6.45, 7) is 0. The molecule has 0 saturated heterocycles. The summed E-state index contributed by atoms with van der Waals surface area (Å²) in [7, 11) is -3.69. The molecule has 5 nitrogen and oxygen atoms in total. The van der Waals surface area contributed by atoms with Crippen molar-refractivity contribution in [1.82, 2.24) is 0 Å². The number of benzene rings is 2. The van der Waals surface area contributed by atoms with E-state index >= 15 is 0 Å². The number of primary amides is 1. The topological polar surface area (TPSA) is 86.5 Å². The molecule has 0 aliphatic carbocycles. The number of ether oxygens (including phenoxy) is 1. The van der Waals surface area contributed by atoms with Crippen LogP contribution in [-0.2, 0) is 20.4 Å². The molecule has 0 spiro atoms. The molecule has 122 valence electrons. The summed E-state index contributed by atoms with van der Waals surface area (Å²) in [5, 5.41) is 0.942. The van der Waals surface area contributed by atoms with Gasteiger partial charge in [-0.3, -0.25) is 4.79 Å². The quantitative estimate of drug-likeness (QED) is 0.841. The lowest BCUT2D eigenvalue weighted by Crippen LogP contribution is -2.24. The fourth-order valence-corrected chi connectivity index (χ4v) is 3.41. The molecule has 0 atom stereocenters. The Kier molecular flexibility index (Phi) is 5.51. The molecule has 8 heteroatoms. The van der Waals surface area contributed by atoms with E-state index in [1.54, 1.807) is 30.3 Å². The van der Waals surface area contributed by atoms with Crippen LogP contribution in [0.3, 0.4) is 0 Å². The van der Waals surface area contributed by atoms with Crippen LogP contribution in [0.4, 0.5) is 0 Å². The molecule has 0 fully saturated rings. The maximum atomic E-state index is 11.9. The fourth-order valence-electron chi connectivity index (χ4n) is 1.88. The van der Waals surface area contributed by atoms with Crippen molar-refractivity contribution in [2.75, 3.05) is 5.75 Å². The highest BCUT2D eigenvalue weighted by Crippen LogP contribution is 2.30. The van der Waals surface area contributed by atoms with Gasteiger partial charge in [-0.15, -0.1) is 0 Å². The van der Waals surface area contributed by atoms with E-state index in [0.717, 1.165) is 0 Å². The zero-order valence-electron chi connectivity index (χ0n) is 11.8. The minimum Gasteiger partial charge on any atom is -0.457 e. The van der Waals surface area contributed by atoms with Gasteiger partial charge >= 0.3 is 0 Å². The second-order valence-electron chi connectivity index (χ2n) is 4.81.